The first-order valence-corrected chi connectivity index (χ1v) is 7.76. The van der Waals surface area contributed by atoms with Gasteiger partial charge in [-0.05, 0) is 24.1 Å². The second-order valence-corrected chi connectivity index (χ2v) is 6.16. The van der Waals surface area contributed by atoms with E-state index >= 15 is 0 Å². The first-order valence-electron chi connectivity index (χ1n) is 6.94. The van der Waals surface area contributed by atoms with E-state index in [0.29, 0.717) is 18.3 Å². The van der Waals surface area contributed by atoms with Gasteiger partial charge in [0.2, 0.25) is 0 Å². The molecular formula is C15H16FN3O2S. The van der Waals surface area contributed by atoms with Crippen molar-refractivity contribution >= 4 is 22.5 Å². The summed E-state index contributed by atoms with van der Waals surface area (Å²) in [4.78, 5) is 19.1. The maximum atomic E-state index is 13.0. The van der Waals surface area contributed by atoms with Crippen molar-refractivity contribution in [3.63, 3.8) is 0 Å². The molecule has 2 heterocycles. The van der Waals surface area contributed by atoms with Crippen LogP contribution < -0.4 is 5.32 Å². The summed E-state index contributed by atoms with van der Waals surface area (Å²) in [6, 6.07) is 6.10. The molecule has 116 valence electrons. The molecule has 2 aromatic rings. The molecule has 1 fully saturated rings. The third-order valence-corrected chi connectivity index (χ3v) is 4.48. The molecule has 0 aliphatic carbocycles. The lowest BCUT2D eigenvalue weighted by Gasteiger charge is -2.40. The van der Waals surface area contributed by atoms with Gasteiger partial charge in [-0.15, -0.1) is 0 Å². The van der Waals surface area contributed by atoms with E-state index in [2.05, 4.69) is 10.3 Å². The number of ether oxygens (including phenoxy) is 1. The molecular weight excluding hydrogens is 305 g/mol. The summed E-state index contributed by atoms with van der Waals surface area (Å²) in [7, 11) is 1.62. The lowest BCUT2D eigenvalue weighted by Crippen LogP contribution is -2.47. The summed E-state index contributed by atoms with van der Waals surface area (Å²) in [6.45, 7) is 1.17. The Morgan fingerprint density at radius 1 is 1.50 bits per heavy atom. The standard InChI is InChI=1S/C15H16FN3O2S/c1-21-9-12-8-17-14(22-12)18-15(20)19-7-6-13(19)10-2-4-11(16)5-3-10/h2-5,8,13H,6-7,9H2,1H3,(H,17,18,20). The van der Waals surface area contributed by atoms with Gasteiger partial charge < -0.3 is 9.64 Å². The predicted molar refractivity (Wildman–Crippen MR) is 82.3 cm³/mol. The van der Waals surface area contributed by atoms with Crippen molar-refractivity contribution in [1.82, 2.24) is 9.88 Å². The molecule has 0 radical (unpaired) electrons. The number of hydrogen-bond donors (Lipinski definition) is 1. The number of likely N-dealkylation sites (tertiary alicyclic amines) is 1. The molecule has 7 heteroatoms. The third kappa shape index (κ3) is 3.10. The van der Waals surface area contributed by atoms with Crippen LogP contribution >= 0.6 is 11.3 Å². The van der Waals surface area contributed by atoms with Crippen LogP contribution in [0.3, 0.4) is 0 Å². The van der Waals surface area contributed by atoms with Crippen LogP contribution in [0.4, 0.5) is 14.3 Å². The van der Waals surface area contributed by atoms with E-state index in [9.17, 15) is 9.18 Å². The minimum atomic E-state index is -0.271. The summed E-state index contributed by atoms with van der Waals surface area (Å²) >= 11 is 1.39. The van der Waals surface area contributed by atoms with Crippen molar-refractivity contribution in [1.29, 1.82) is 0 Å². The highest BCUT2D eigenvalue weighted by Crippen LogP contribution is 2.34. The van der Waals surface area contributed by atoms with E-state index < -0.39 is 0 Å². The Bertz CT molecular complexity index is 659. The highest BCUT2D eigenvalue weighted by molar-refractivity contribution is 7.15. The summed E-state index contributed by atoms with van der Waals surface area (Å²) < 4.78 is 18.0. The molecule has 1 aromatic heterocycles. The van der Waals surface area contributed by atoms with Gasteiger partial charge in [0, 0.05) is 19.9 Å². The van der Waals surface area contributed by atoms with Gasteiger partial charge in [-0.25, -0.2) is 14.2 Å². The van der Waals surface area contributed by atoms with E-state index in [1.54, 1.807) is 30.3 Å². The summed E-state index contributed by atoms with van der Waals surface area (Å²) in [5, 5.41) is 3.36. The van der Waals surface area contributed by atoms with Crippen LogP contribution in [0.2, 0.25) is 0 Å². The molecule has 0 spiro atoms. The van der Waals surface area contributed by atoms with Gasteiger partial charge in [-0.2, -0.15) is 0 Å². The zero-order chi connectivity index (χ0) is 15.5. The molecule has 1 aromatic carbocycles. The number of methoxy groups -OCH3 is 1. The van der Waals surface area contributed by atoms with Crippen molar-refractivity contribution < 1.29 is 13.9 Å². The lowest BCUT2D eigenvalue weighted by molar-refractivity contribution is 0.126. The Kier molecular flexibility index (Phi) is 4.35. The number of anilines is 1. The van der Waals surface area contributed by atoms with Crippen LogP contribution in [-0.2, 0) is 11.3 Å². The molecule has 1 aliphatic rings. The zero-order valence-electron chi connectivity index (χ0n) is 12.1. The number of aromatic nitrogens is 1. The molecule has 1 aliphatic heterocycles. The molecule has 1 unspecified atom stereocenters. The van der Waals surface area contributed by atoms with Crippen molar-refractivity contribution in [2.75, 3.05) is 19.0 Å². The van der Waals surface area contributed by atoms with Crippen LogP contribution in [-0.4, -0.2) is 29.6 Å². The van der Waals surface area contributed by atoms with Crippen molar-refractivity contribution in [2.45, 2.75) is 19.1 Å². The lowest BCUT2D eigenvalue weighted by atomic mass is 9.95. The average Bonchev–Trinajstić information content (AvgIpc) is 2.87. The Morgan fingerprint density at radius 2 is 2.27 bits per heavy atom. The van der Waals surface area contributed by atoms with Crippen LogP contribution in [0.1, 0.15) is 22.9 Å². The first kappa shape index (κ1) is 14.9. The molecule has 0 saturated carbocycles. The maximum Gasteiger partial charge on any atom is 0.324 e. The number of thiazole rings is 1. The van der Waals surface area contributed by atoms with E-state index in [1.807, 2.05) is 0 Å². The molecule has 1 saturated heterocycles. The molecule has 5 nitrogen and oxygen atoms in total. The van der Waals surface area contributed by atoms with Crippen molar-refractivity contribution in [2.24, 2.45) is 0 Å². The van der Waals surface area contributed by atoms with Crippen LogP contribution in [0.25, 0.3) is 0 Å². The summed E-state index contributed by atoms with van der Waals surface area (Å²) in [5.41, 5.74) is 0.946. The molecule has 1 atom stereocenters. The SMILES string of the molecule is COCc1cnc(NC(=O)N2CCC2c2ccc(F)cc2)s1. The van der Waals surface area contributed by atoms with Crippen LogP contribution in [0.5, 0.6) is 0 Å². The first-order chi connectivity index (χ1) is 10.7. The molecule has 2 amide bonds. The Labute approximate surface area is 131 Å². The predicted octanol–water partition coefficient (Wildman–Crippen LogP) is 3.41. The van der Waals surface area contributed by atoms with Gasteiger partial charge in [0.05, 0.1) is 17.5 Å². The van der Waals surface area contributed by atoms with Gasteiger partial charge in [0.1, 0.15) is 5.82 Å². The van der Waals surface area contributed by atoms with Crippen LogP contribution in [0, 0.1) is 5.82 Å². The molecule has 1 N–H and O–H groups in total. The summed E-state index contributed by atoms with van der Waals surface area (Å²) in [6.07, 6.45) is 2.57. The fourth-order valence-corrected chi connectivity index (χ4v) is 3.17. The number of carbonyl (C=O) groups is 1. The molecule has 0 bridgehead atoms. The van der Waals surface area contributed by atoms with Crippen molar-refractivity contribution in [3.05, 3.63) is 46.7 Å². The highest BCUT2D eigenvalue weighted by Gasteiger charge is 2.33. The number of amides is 2. The van der Waals surface area contributed by atoms with Gasteiger partial charge >= 0.3 is 6.03 Å². The molecule has 3 rings (SSSR count). The Hall–Kier alpha value is -1.99. The quantitative estimate of drug-likeness (QED) is 0.939. The van der Waals surface area contributed by atoms with E-state index in [4.69, 9.17) is 4.74 Å². The number of halogens is 1. The number of urea groups is 1. The van der Waals surface area contributed by atoms with Crippen LogP contribution in [0.15, 0.2) is 30.5 Å². The van der Waals surface area contributed by atoms with Crippen molar-refractivity contribution in [3.8, 4) is 0 Å². The Balaban J connectivity index is 1.63. The number of nitrogens with one attached hydrogen (secondary N) is 1. The number of hydrogen-bond acceptors (Lipinski definition) is 4. The van der Waals surface area contributed by atoms with Gasteiger partial charge in [0.25, 0.3) is 0 Å². The zero-order valence-corrected chi connectivity index (χ0v) is 12.9. The minimum absolute atomic E-state index is 0.000919. The fraction of sp³-hybridized carbons (Fsp3) is 0.333. The van der Waals surface area contributed by atoms with Gasteiger partial charge in [0.15, 0.2) is 5.13 Å². The normalized spacial score (nSPS) is 17.2. The Morgan fingerprint density at radius 3 is 2.91 bits per heavy atom. The maximum absolute atomic E-state index is 13.0. The summed E-state index contributed by atoms with van der Waals surface area (Å²) in [5.74, 6) is -0.271. The highest BCUT2D eigenvalue weighted by atomic mass is 32.1. The second kappa shape index (κ2) is 6.41. The number of rotatable bonds is 4. The minimum Gasteiger partial charge on any atom is -0.379 e. The number of carbonyl (C=O) groups excluding carboxylic acids is 1. The van der Waals surface area contributed by atoms with E-state index in [1.165, 1.54) is 23.5 Å². The third-order valence-electron chi connectivity index (χ3n) is 3.59. The largest absolute Gasteiger partial charge is 0.379 e. The monoisotopic (exact) mass is 321 g/mol. The molecule has 22 heavy (non-hydrogen) atoms. The number of nitrogens with zero attached hydrogens (tertiary/aromatic N) is 2. The second-order valence-electron chi connectivity index (χ2n) is 5.04. The fourth-order valence-electron chi connectivity index (χ4n) is 2.40. The van der Waals surface area contributed by atoms with E-state index in [0.717, 1.165) is 16.9 Å². The average molecular weight is 321 g/mol. The topological polar surface area (TPSA) is 54.5 Å². The van der Waals surface area contributed by atoms with Gasteiger partial charge in [-0.1, -0.05) is 23.5 Å². The smallest absolute Gasteiger partial charge is 0.324 e. The number of benzene rings is 1. The van der Waals surface area contributed by atoms with E-state index in [-0.39, 0.29) is 17.9 Å². The van der Waals surface area contributed by atoms with Gasteiger partial charge in [-0.3, -0.25) is 5.32 Å².